The number of amides is 1. The number of hydrogen-bond acceptors (Lipinski definition) is 4. The van der Waals surface area contributed by atoms with E-state index in [1.54, 1.807) is 37.3 Å². The first-order valence-electron chi connectivity index (χ1n) is 8.05. The van der Waals surface area contributed by atoms with Crippen LogP contribution in [-0.4, -0.2) is 15.9 Å². The largest absolute Gasteiger partial charge is 0.351 e. The molecule has 28 heavy (non-hydrogen) atoms. The maximum Gasteiger partial charge on any atom is 0.288 e. The van der Waals surface area contributed by atoms with E-state index in [-0.39, 0.29) is 10.7 Å². The summed E-state index contributed by atoms with van der Waals surface area (Å²) in [6.07, 6.45) is 0. The molecule has 0 fully saturated rings. The lowest BCUT2D eigenvalue weighted by Gasteiger charge is -2.30. The average Bonchev–Trinajstić information content (AvgIpc) is 2.61. The Labute approximate surface area is 175 Å². The molecule has 1 heterocycles. The van der Waals surface area contributed by atoms with E-state index in [1.165, 1.54) is 12.1 Å². The topological polar surface area (TPSA) is 96.3 Å². The van der Waals surface area contributed by atoms with Gasteiger partial charge in [-0.2, -0.15) is 0 Å². The Morgan fingerprint density at radius 3 is 2.68 bits per heavy atom. The summed E-state index contributed by atoms with van der Waals surface area (Å²) in [5.41, 5.74) is 1.62. The summed E-state index contributed by atoms with van der Waals surface area (Å²) in [4.78, 5) is 23.6. The molecule has 0 aliphatic carbocycles. The van der Waals surface area contributed by atoms with Crippen LogP contribution in [0, 0.1) is 10.1 Å². The summed E-state index contributed by atoms with van der Waals surface area (Å²) < 4.78 is 0. The molecule has 3 rings (SSSR count). The molecule has 7 nitrogen and oxygen atoms in total. The van der Waals surface area contributed by atoms with Gasteiger partial charge in [-0.1, -0.05) is 35.3 Å². The van der Waals surface area contributed by atoms with Gasteiger partial charge >= 0.3 is 0 Å². The number of nitrogens with one attached hydrogen (secondary N) is 3. The molecule has 1 aliphatic heterocycles. The molecular formula is C18H14Cl2N4O3S. The Morgan fingerprint density at radius 1 is 1.25 bits per heavy atom. The van der Waals surface area contributed by atoms with Crippen LogP contribution in [-0.2, 0) is 4.79 Å². The SMILES string of the molecule is CC1=C(C(=O)Nc2cccc(Cl)c2)C(c2ccc(Cl)c([N+](=O)[O-])c2)NC(=S)N1. The monoisotopic (exact) mass is 436 g/mol. The van der Waals surface area contributed by atoms with Crippen LogP contribution in [0.5, 0.6) is 0 Å². The number of allylic oxidation sites excluding steroid dienone is 1. The minimum absolute atomic E-state index is 0.0101. The predicted molar refractivity (Wildman–Crippen MR) is 112 cm³/mol. The van der Waals surface area contributed by atoms with Crippen LogP contribution in [0.4, 0.5) is 11.4 Å². The molecule has 1 amide bonds. The highest BCUT2D eigenvalue weighted by molar-refractivity contribution is 7.80. The van der Waals surface area contributed by atoms with Crippen LogP contribution in [0.25, 0.3) is 0 Å². The summed E-state index contributed by atoms with van der Waals surface area (Å²) in [6.45, 7) is 1.71. The summed E-state index contributed by atoms with van der Waals surface area (Å²) in [5.74, 6) is -0.398. The van der Waals surface area contributed by atoms with Gasteiger partial charge in [0, 0.05) is 22.5 Å². The van der Waals surface area contributed by atoms with Gasteiger partial charge < -0.3 is 16.0 Å². The van der Waals surface area contributed by atoms with E-state index in [0.717, 1.165) is 0 Å². The molecule has 1 unspecified atom stereocenters. The fourth-order valence-corrected chi connectivity index (χ4v) is 3.51. The molecule has 0 spiro atoms. The lowest BCUT2D eigenvalue weighted by Crippen LogP contribution is -2.45. The van der Waals surface area contributed by atoms with Gasteiger partial charge in [0.2, 0.25) is 0 Å². The zero-order valence-corrected chi connectivity index (χ0v) is 16.8. The first kappa shape index (κ1) is 20.1. The van der Waals surface area contributed by atoms with Crippen molar-refractivity contribution >= 4 is 57.8 Å². The van der Waals surface area contributed by atoms with E-state index in [0.29, 0.717) is 32.7 Å². The molecule has 0 saturated heterocycles. The number of nitro benzene ring substituents is 1. The number of thiocarbonyl (C=S) groups is 1. The Hall–Kier alpha value is -2.68. The van der Waals surface area contributed by atoms with Gasteiger partial charge in [-0.05, 0) is 49.0 Å². The average molecular weight is 437 g/mol. The molecule has 1 atom stereocenters. The summed E-state index contributed by atoms with van der Waals surface area (Å²) in [5, 5.41) is 20.7. The number of rotatable bonds is 4. The van der Waals surface area contributed by atoms with E-state index in [9.17, 15) is 14.9 Å². The van der Waals surface area contributed by atoms with Crippen molar-refractivity contribution in [3.8, 4) is 0 Å². The number of anilines is 1. The maximum atomic E-state index is 13.0. The van der Waals surface area contributed by atoms with Crippen molar-refractivity contribution in [1.82, 2.24) is 10.6 Å². The zero-order chi connectivity index (χ0) is 20.4. The summed E-state index contributed by atoms with van der Waals surface area (Å²) in [7, 11) is 0. The molecule has 0 bridgehead atoms. The zero-order valence-electron chi connectivity index (χ0n) is 14.5. The van der Waals surface area contributed by atoms with E-state index in [1.807, 2.05) is 0 Å². The first-order valence-corrected chi connectivity index (χ1v) is 9.21. The van der Waals surface area contributed by atoms with E-state index in [2.05, 4.69) is 16.0 Å². The number of halogens is 2. The lowest BCUT2D eigenvalue weighted by molar-refractivity contribution is -0.384. The van der Waals surface area contributed by atoms with Crippen molar-refractivity contribution in [1.29, 1.82) is 0 Å². The Balaban J connectivity index is 2.00. The van der Waals surface area contributed by atoms with Crippen molar-refractivity contribution in [3.05, 3.63) is 79.5 Å². The van der Waals surface area contributed by atoms with Crippen LogP contribution in [0.15, 0.2) is 53.7 Å². The second kappa shape index (κ2) is 8.14. The maximum absolute atomic E-state index is 13.0. The lowest BCUT2D eigenvalue weighted by atomic mass is 9.94. The Kier molecular flexibility index (Phi) is 5.83. The van der Waals surface area contributed by atoms with Crippen molar-refractivity contribution in [2.24, 2.45) is 0 Å². The molecule has 2 aromatic carbocycles. The minimum Gasteiger partial charge on any atom is -0.351 e. The third-order valence-electron chi connectivity index (χ3n) is 4.10. The predicted octanol–water partition coefficient (Wildman–Crippen LogP) is 4.33. The highest BCUT2D eigenvalue weighted by Crippen LogP contribution is 2.33. The van der Waals surface area contributed by atoms with Crippen LogP contribution in [0.3, 0.4) is 0 Å². The second-order valence-electron chi connectivity index (χ2n) is 6.00. The molecule has 2 aromatic rings. The highest BCUT2D eigenvalue weighted by Gasteiger charge is 2.31. The fraction of sp³-hybridized carbons (Fsp3) is 0.111. The number of carbonyl (C=O) groups is 1. The van der Waals surface area contributed by atoms with Gasteiger partial charge in [-0.15, -0.1) is 0 Å². The second-order valence-corrected chi connectivity index (χ2v) is 7.25. The number of nitrogens with zero attached hydrogens (tertiary/aromatic N) is 1. The quantitative estimate of drug-likeness (QED) is 0.374. The van der Waals surface area contributed by atoms with Gasteiger partial charge in [0.25, 0.3) is 11.6 Å². The number of nitro groups is 1. The number of benzene rings is 2. The fourth-order valence-electron chi connectivity index (χ4n) is 2.86. The van der Waals surface area contributed by atoms with Crippen molar-refractivity contribution in [3.63, 3.8) is 0 Å². The van der Waals surface area contributed by atoms with E-state index in [4.69, 9.17) is 35.4 Å². The summed E-state index contributed by atoms with van der Waals surface area (Å²) >= 11 is 17.1. The van der Waals surface area contributed by atoms with Crippen LogP contribution in [0.2, 0.25) is 10.0 Å². The smallest absolute Gasteiger partial charge is 0.288 e. The Bertz CT molecular complexity index is 1030. The normalized spacial score (nSPS) is 16.2. The standard InChI is InChI=1S/C18H14Cl2N4O3S/c1-9-15(17(25)22-12-4-2-3-11(19)8-12)16(23-18(28)21-9)10-5-6-13(20)14(7-10)24(26)27/h2-8,16H,1H3,(H,22,25)(H2,21,23,28). The van der Waals surface area contributed by atoms with Gasteiger partial charge in [-0.25, -0.2) is 0 Å². The third-order valence-corrected chi connectivity index (χ3v) is 4.87. The third kappa shape index (κ3) is 4.24. The molecule has 0 radical (unpaired) electrons. The molecule has 0 saturated carbocycles. The first-order chi connectivity index (χ1) is 13.3. The van der Waals surface area contributed by atoms with Crippen molar-refractivity contribution in [2.75, 3.05) is 5.32 Å². The van der Waals surface area contributed by atoms with Crippen LogP contribution >= 0.6 is 35.4 Å². The van der Waals surface area contributed by atoms with E-state index >= 15 is 0 Å². The number of carbonyl (C=O) groups excluding carboxylic acids is 1. The molecule has 144 valence electrons. The van der Waals surface area contributed by atoms with Gasteiger partial charge in [0.15, 0.2) is 5.11 Å². The number of hydrogen-bond donors (Lipinski definition) is 3. The summed E-state index contributed by atoms with van der Waals surface area (Å²) in [6, 6.07) is 10.4. The van der Waals surface area contributed by atoms with Crippen LogP contribution < -0.4 is 16.0 Å². The minimum atomic E-state index is -0.691. The van der Waals surface area contributed by atoms with Crippen molar-refractivity contribution < 1.29 is 9.72 Å². The van der Waals surface area contributed by atoms with Crippen LogP contribution in [0.1, 0.15) is 18.5 Å². The molecule has 1 aliphatic rings. The molecule has 3 N–H and O–H groups in total. The van der Waals surface area contributed by atoms with Gasteiger partial charge in [-0.3, -0.25) is 14.9 Å². The van der Waals surface area contributed by atoms with Gasteiger partial charge in [0.1, 0.15) is 5.02 Å². The highest BCUT2D eigenvalue weighted by atomic mass is 35.5. The van der Waals surface area contributed by atoms with E-state index < -0.39 is 16.9 Å². The Morgan fingerprint density at radius 2 is 2.00 bits per heavy atom. The van der Waals surface area contributed by atoms with Gasteiger partial charge in [0.05, 0.1) is 16.5 Å². The molecular weight excluding hydrogens is 423 g/mol. The molecule has 0 aromatic heterocycles. The molecule has 10 heteroatoms. The van der Waals surface area contributed by atoms with Crippen molar-refractivity contribution in [2.45, 2.75) is 13.0 Å².